The highest BCUT2D eigenvalue weighted by Crippen LogP contribution is 2.28. The van der Waals surface area contributed by atoms with Crippen LogP contribution in [0.25, 0.3) is 11.0 Å². The van der Waals surface area contributed by atoms with E-state index in [-0.39, 0.29) is 0 Å². The van der Waals surface area contributed by atoms with Gasteiger partial charge in [0.15, 0.2) is 0 Å². The lowest BCUT2D eigenvalue weighted by Gasteiger charge is -1.99. The van der Waals surface area contributed by atoms with Gasteiger partial charge in [-0.3, -0.25) is 0 Å². The Labute approximate surface area is 76.8 Å². The molecule has 0 saturated carbocycles. The SMILES string of the molecule is CCc1cc(O)cc2c(C)coc12. The van der Waals surface area contributed by atoms with Gasteiger partial charge in [0.25, 0.3) is 0 Å². The molecule has 0 radical (unpaired) electrons. The van der Waals surface area contributed by atoms with E-state index in [9.17, 15) is 5.11 Å². The molecule has 2 aromatic rings. The lowest BCUT2D eigenvalue weighted by atomic mass is 10.1. The predicted molar refractivity (Wildman–Crippen MR) is 52.0 cm³/mol. The van der Waals surface area contributed by atoms with E-state index >= 15 is 0 Å². The summed E-state index contributed by atoms with van der Waals surface area (Å²) < 4.78 is 5.41. The number of furan rings is 1. The molecule has 0 spiro atoms. The quantitative estimate of drug-likeness (QED) is 0.724. The van der Waals surface area contributed by atoms with E-state index in [4.69, 9.17) is 4.42 Å². The molecule has 2 heteroatoms. The topological polar surface area (TPSA) is 33.4 Å². The van der Waals surface area contributed by atoms with E-state index in [1.54, 1.807) is 18.4 Å². The first-order valence-electron chi connectivity index (χ1n) is 4.42. The fourth-order valence-electron chi connectivity index (χ4n) is 1.58. The lowest BCUT2D eigenvalue weighted by Crippen LogP contribution is -1.80. The maximum Gasteiger partial charge on any atom is 0.137 e. The van der Waals surface area contributed by atoms with Crippen molar-refractivity contribution in [2.75, 3.05) is 0 Å². The predicted octanol–water partition coefficient (Wildman–Crippen LogP) is 3.01. The number of phenolic OH excluding ortho intramolecular Hbond substituents is 1. The summed E-state index contributed by atoms with van der Waals surface area (Å²) in [5.41, 5.74) is 3.03. The molecule has 0 aliphatic rings. The molecule has 0 bridgehead atoms. The summed E-state index contributed by atoms with van der Waals surface area (Å²) in [4.78, 5) is 0. The second-order valence-corrected chi connectivity index (χ2v) is 3.25. The minimum Gasteiger partial charge on any atom is -0.508 e. The first-order valence-corrected chi connectivity index (χ1v) is 4.42. The fraction of sp³-hybridized carbons (Fsp3) is 0.273. The Morgan fingerprint density at radius 2 is 2.15 bits per heavy atom. The minimum absolute atomic E-state index is 0.314. The molecule has 1 N–H and O–H groups in total. The van der Waals surface area contributed by atoms with E-state index in [1.165, 1.54) is 0 Å². The smallest absolute Gasteiger partial charge is 0.137 e. The molecular formula is C11H12O2. The lowest BCUT2D eigenvalue weighted by molar-refractivity contribution is 0.475. The maximum atomic E-state index is 9.44. The molecule has 1 heterocycles. The zero-order valence-corrected chi connectivity index (χ0v) is 7.79. The highest BCUT2D eigenvalue weighted by molar-refractivity contribution is 5.85. The monoisotopic (exact) mass is 176 g/mol. The summed E-state index contributed by atoms with van der Waals surface area (Å²) in [6.07, 6.45) is 2.60. The first-order chi connectivity index (χ1) is 6.22. The van der Waals surface area contributed by atoms with Crippen LogP contribution in [-0.2, 0) is 6.42 Å². The van der Waals surface area contributed by atoms with Crippen molar-refractivity contribution in [3.63, 3.8) is 0 Å². The molecule has 0 saturated heterocycles. The standard InChI is InChI=1S/C11H12O2/c1-3-8-4-9(12)5-10-7(2)6-13-11(8)10/h4-6,12H,3H2,1-2H3. The van der Waals surface area contributed by atoms with Crippen molar-refractivity contribution in [3.8, 4) is 5.75 Å². The number of rotatable bonds is 1. The Balaban J connectivity index is 2.84. The van der Waals surface area contributed by atoms with Crippen molar-refractivity contribution in [2.24, 2.45) is 0 Å². The Kier molecular flexibility index (Phi) is 1.76. The van der Waals surface area contributed by atoms with E-state index < -0.39 is 0 Å². The van der Waals surface area contributed by atoms with Gasteiger partial charge in [0.2, 0.25) is 0 Å². The largest absolute Gasteiger partial charge is 0.508 e. The highest BCUT2D eigenvalue weighted by atomic mass is 16.3. The van der Waals surface area contributed by atoms with Gasteiger partial charge < -0.3 is 9.52 Å². The zero-order valence-electron chi connectivity index (χ0n) is 7.79. The number of hydrogen-bond donors (Lipinski definition) is 1. The van der Waals surface area contributed by atoms with Crippen LogP contribution in [0.5, 0.6) is 5.75 Å². The van der Waals surface area contributed by atoms with Crippen LogP contribution >= 0.6 is 0 Å². The van der Waals surface area contributed by atoms with Crippen LogP contribution < -0.4 is 0 Å². The molecule has 68 valence electrons. The van der Waals surface area contributed by atoms with Gasteiger partial charge >= 0.3 is 0 Å². The molecule has 0 atom stereocenters. The molecule has 0 unspecified atom stereocenters. The van der Waals surface area contributed by atoms with Gasteiger partial charge in [-0.05, 0) is 36.6 Å². The summed E-state index contributed by atoms with van der Waals surface area (Å²) in [6.45, 7) is 4.02. The van der Waals surface area contributed by atoms with Crippen molar-refractivity contribution in [3.05, 3.63) is 29.5 Å². The fourth-order valence-corrected chi connectivity index (χ4v) is 1.58. The highest BCUT2D eigenvalue weighted by Gasteiger charge is 2.07. The number of aryl methyl sites for hydroxylation is 2. The number of aromatic hydroxyl groups is 1. The van der Waals surface area contributed by atoms with Crippen LogP contribution in [0.4, 0.5) is 0 Å². The van der Waals surface area contributed by atoms with Crippen LogP contribution in [0.1, 0.15) is 18.1 Å². The Morgan fingerprint density at radius 1 is 1.38 bits per heavy atom. The Morgan fingerprint density at radius 3 is 2.85 bits per heavy atom. The normalized spacial score (nSPS) is 10.9. The number of phenols is 1. The van der Waals surface area contributed by atoms with E-state index in [0.29, 0.717) is 5.75 Å². The molecule has 0 fully saturated rings. The second-order valence-electron chi connectivity index (χ2n) is 3.25. The number of benzene rings is 1. The summed E-state index contributed by atoms with van der Waals surface area (Å²) in [5, 5.41) is 10.5. The van der Waals surface area contributed by atoms with Gasteiger partial charge in [-0.2, -0.15) is 0 Å². The zero-order chi connectivity index (χ0) is 9.42. The summed E-state index contributed by atoms with van der Waals surface area (Å²) >= 11 is 0. The maximum absolute atomic E-state index is 9.44. The Bertz CT molecular complexity index is 441. The molecule has 1 aromatic heterocycles. The second kappa shape index (κ2) is 2.80. The van der Waals surface area contributed by atoms with Crippen molar-refractivity contribution >= 4 is 11.0 Å². The van der Waals surface area contributed by atoms with E-state index in [2.05, 4.69) is 0 Å². The Hall–Kier alpha value is -1.44. The van der Waals surface area contributed by atoms with Crippen LogP contribution in [0, 0.1) is 6.92 Å². The first kappa shape index (κ1) is 8.17. The molecule has 13 heavy (non-hydrogen) atoms. The molecule has 2 nitrogen and oxygen atoms in total. The van der Waals surface area contributed by atoms with Crippen LogP contribution in [0.15, 0.2) is 22.8 Å². The summed E-state index contributed by atoms with van der Waals surface area (Å²) in [7, 11) is 0. The molecule has 1 aromatic carbocycles. The van der Waals surface area contributed by atoms with Gasteiger partial charge in [0, 0.05) is 5.39 Å². The number of fused-ring (bicyclic) bond motifs is 1. The molecule has 0 aliphatic carbocycles. The summed E-state index contributed by atoms with van der Waals surface area (Å²) in [6, 6.07) is 3.50. The van der Waals surface area contributed by atoms with Crippen LogP contribution in [-0.4, -0.2) is 5.11 Å². The van der Waals surface area contributed by atoms with Crippen LogP contribution in [0.3, 0.4) is 0 Å². The molecule has 2 rings (SSSR count). The van der Waals surface area contributed by atoms with Gasteiger partial charge in [-0.1, -0.05) is 6.92 Å². The van der Waals surface area contributed by atoms with Gasteiger partial charge in [0.05, 0.1) is 6.26 Å². The third-order valence-electron chi connectivity index (χ3n) is 2.31. The third-order valence-corrected chi connectivity index (χ3v) is 2.31. The summed E-state index contributed by atoms with van der Waals surface area (Å²) in [5.74, 6) is 0.314. The average molecular weight is 176 g/mol. The van der Waals surface area contributed by atoms with Crippen molar-refractivity contribution in [1.82, 2.24) is 0 Å². The third kappa shape index (κ3) is 1.18. The molecular weight excluding hydrogens is 164 g/mol. The van der Waals surface area contributed by atoms with Gasteiger partial charge in [-0.15, -0.1) is 0 Å². The van der Waals surface area contributed by atoms with Gasteiger partial charge in [-0.25, -0.2) is 0 Å². The van der Waals surface area contributed by atoms with Crippen molar-refractivity contribution in [2.45, 2.75) is 20.3 Å². The van der Waals surface area contributed by atoms with Gasteiger partial charge in [0.1, 0.15) is 11.3 Å². The van der Waals surface area contributed by atoms with E-state index in [0.717, 1.165) is 28.5 Å². The number of hydrogen-bond acceptors (Lipinski definition) is 2. The molecule has 0 amide bonds. The minimum atomic E-state index is 0.314. The molecule has 0 aliphatic heterocycles. The van der Waals surface area contributed by atoms with Crippen molar-refractivity contribution in [1.29, 1.82) is 0 Å². The average Bonchev–Trinajstić information content (AvgIpc) is 2.47. The van der Waals surface area contributed by atoms with Crippen molar-refractivity contribution < 1.29 is 9.52 Å². The van der Waals surface area contributed by atoms with E-state index in [1.807, 2.05) is 13.8 Å². The van der Waals surface area contributed by atoms with Crippen LogP contribution in [0.2, 0.25) is 0 Å².